The molecular weight excluding hydrogens is 378 g/mol. The lowest BCUT2D eigenvalue weighted by Gasteiger charge is -2.18. The highest BCUT2D eigenvalue weighted by molar-refractivity contribution is 5.96. The third kappa shape index (κ3) is 3.35. The summed E-state index contributed by atoms with van der Waals surface area (Å²) in [7, 11) is 0. The Morgan fingerprint density at radius 3 is 2.38 bits per heavy atom. The number of hydrogen-bond acceptors (Lipinski definition) is 6. The van der Waals surface area contributed by atoms with E-state index >= 15 is 0 Å². The summed E-state index contributed by atoms with van der Waals surface area (Å²) in [5.41, 5.74) is 1.62. The van der Waals surface area contributed by atoms with Crippen molar-refractivity contribution in [3.8, 4) is 23.0 Å². The quantitative estimate of drug-likeness (QED) is 0.826. The number of carbonyl (C=O) groups excluding carboxylic acids is 2. The number of benzene rings is 2. The number of nitrogens with one attached hydrogen (secondary N) is 1. The van der Waals surface area contributed by atoms with Crippen LogP contribution >= 0.6 is 0 Å². The monoisotopic (exact) mass is 397 g/mol. The van der Waals surface area contributed by atoms with Crippen molar-refractivity contribution in [3.05, 3.63) is 42.0 Å². The molecule has 9 heteroatoms. The fourth-order valence-electron chi connectivity index (χ4n) is 3.50. The van der Waals surface area contributed by atoms with Gasteiger partial charge in [-0.3, -0.25) is 9.69 Å². The van der Waals surface area contributed by atoms with Gasteiger partial charge < -0.3 is 29.2 Å². The molecule has 0 unspecified atom stereocenters. The van der Waals surface area contributed by atoms with E-state index in [-0.39, 0.29) is 32.1 Å². The maximum absolute atomic E-state index is 12.7. The van der Waals surface area contributed by atoms with Gasteiger partial charge in [-0.05, 0) is 29.8 Å². The lowest BCUT2D eigenvalue weighted by molar-refractivity contribution is -0.121. The molecule has 29 heavy (non-hydrogen) atoms. The van der Waals surface area contributed by atoms with E-state index in [0.717, 1.165) is 11.3 Å². The molecule has 2 aromatic carbocycles. The highest BCUT2D eigenvalue weighted by Crippen LogP contribution is 2.36. The molecule has 150 valence electrons. The molecule has 0 aromatic heterocycles. The molecule has 9 nitrogen and oxygen atoms in total. The van der Waals surface area contributed by atoms with Gasteiger partial charge in [-0.1, -0.05) is 6.07 Å². The molecule has 2 aromatic rings. The maximum atomic E-state index is 12.7. The number of anilines is 1. The molecule has 0 atom stereocenters. The average Bonchev–Trinajstić information content (AvgIpc) is 3.46. The van der Waals surface area contributed by atoms with Crippen molar-refractivity contribution >= 4 is 17.6 Å². The van der Waals surface area contributed by atoms with E-state index in [9.17, 15) is 9.59 Å². The molecule has 0 bridgehead atoms. The van der Waals surface area contributed by atoms with E-state index in [4.69, 9.17) is 18.9 Å². The van der Waals surface area contributed by atoms with Gasteiger partial charge in [0.15, 0.2) is 23.0 Å². The van der Waals surface area contributed by atoms with Crippen LogP contribution in [0.1, 0.15) is 5.56 Å². The van der Waals surface area contributed by atoms with Gasteiger partial charge >= 0.3 is 6.03 Å². The molecule has 3 amide bonds. The molecule has 3 aliphatic heterocycles. The molecule has 0 aliphatic carbocycles. The van der Waals surface area contributed by atoms with E-state index in [1.807, 2.05) is 24.3 Å². The Morgan fingerprint density at radius 1 is 0.897 bits per heavy atom. The third-order valence-electron chi connectivity index (χ3n) is 5.02. The topological polar surface area (TPSA) is 89.6 Å². The SMILES string of the molecule is O=C(CN1CCN(c2ccc3c(c2)OCO3)C1=O)NCc1ccc2c(c1)OCO2. The molecule has 3 aliphatic rings. The first-order chi connectivity index (χ1) is 14.2. The van der Waals surface area contributed by atoms with Crippen LogP contribution in [0.25, 0.3) is 0 Å². The lowest BCUT2D eigenvalue weighted by Crippen LogP contribution is -2.39. The summed E-state index contributed by atoms with van der Waals surface area (Å²) in [6, 6.07) is 10.7. The van der Waals surface area contributed by atoms with Crippen LogP contribution in [0.5, 0.6) is 23.0 Å². The summed E-state index contributed by atoms with van der Waals surface area (Å²) >= 11 is 0. The largest absolute Gasteiger partial charge is 0.454 e. The number of rotatable bonds is 5. The van der Waals surface area contributed by atoms with Crippen LogP contribution in [0.3, 0.4) is 0 Å². The predicted octanol–water partition coefficient (Wildman–Crippen LogP) is 1.70. The van der Waals surface area contributed by atoms with Crippen molar-refractivity contribution in [2.24, 2.45) is 0 Å². The summed E-state index contributed by atoms with van der Waals surface area (Å²) in [6.45, 7) is 1.73. The minimum absolute atomic E-state index is 0.00440. The minimum Gasteiger partial charge on any atom is -0.454 e. The third-order valence-corrected chi connectivity index (χ3v) is 5.02. The van der Waals surface area contributed by atoms with Gasteiger partial charge in [0.05, 0.1) is 0 Å². The second-order valence-electron chi connectivity index (χ2n) is 6.86. The summed E-state index contributed by atoms with van der Waals surface area (Å²) in [5.74, 6) is 2.44. The molecule has 0 spiro atoms. The van der Waals surface area contributed by atoms with Gasteiger partial charge in [-0.2, -0.15) is 0 Å². The molecule has 3 heterocycles. The number of ether oxygens (including phenoxy) is 4. The predicted molar refractivity (Wildman–Crippen MR) is 101 cm³/mol. The van der Waals surface area contributed by atoms with Gasteiger partial charge in [0.2, 0.25) is 19.5 Å². The van der Waals surface area contributed by atoms with Crippen molar-refractivity contribution in [3.63, 3.8) is 0 Å². The Balaban J connectivity index is 1.17. The normalized spacial score (nSPS) is 16.5. The average molecular weight is 397 g/mol. The molecule has 1 saturated heterocycles. The maximum Gasteiger partial charge on any atom is 0.325 e. The smallest absolute Gasteiger partial charge is 0.325 e. The van der Waals surface area contributed by atoms with E-state index in [1.54, 1.807) is 17.0 Å². The number of amides is 3. The highest BCUT2D eigenvalue weighted by Gasteiger charge is 2.31. The van der Waals surface area contributed by atoms with Crippen LogP contribution in [-0.2, 0) is 11.3 Å². The Kier molecular flexibility index (Phi) is 4.27. The fourth-order valence-corrected chi connectivity index (χ4v) is 3.50. The zero-order chi connectivity index (χ0) is 19.8. The zero-order valence-corrected chi connectivity index (χ0v) is 15.6. The van der Waals surface area contributed by atoms with Crippen LogP contribution < -0.4 is 29.2 Å². The number of fused-ring (bicyclic) bond motifs is 2. The van der Waals surface area contributed by atoms with Crippen molar-refractivity contribution in [2.45, 2.75) is 6.54 Å². The zero-order valence-electron chi connectivity index (χ0n) is 15.6. The first-order valence-corrected chi connectivity index (χ1v) is 9.29. The van der Waals surface area contributed by atoms with Gasteiger partial charge in [0.1, 0.15) is 6.54 Å². The lowest BCUT2D eigenvalue weighted by atomic mass is 10.2. The van der Waals surface area contributed by atoms with Crippen LogP contribution in [0.15, 0.2) is 36.4 Å². The Bertz CT molecular complexity index is 979. The molecule has 0 saturated carbocycles. The number of nitrogens with zero attached hydrogens (tertiary/aromatic N) is 2. The van der Waals surface area contributed by atoms with E-state index in [0.29, 0.717) is 42.6 Å². The van der Waals surface area contributed by atoms with Crippen molar-refractivity contribution in [1.29, 1.82) is 0 Å². The van der Waals surface area contributed by atoms with Crippen LogP contribution in [0, 0.1) is 0 Å². The molecule has 1 fully saturated rings. The van der Waals surface area contributed by atoms with Gasteiger partial charge in [0.25, 0.3) is 0 Å². The summed E-state index contributed by atoms with van der Waals surface area (Å²) in [6.07, 6.45) is 0. The molecule has 0 radical (unpaired) electrons. The molecule has 1 N–H and O–H groups in total. The first-order valence-electron chi connectivity index (χ1n) is 9.29. The van der Waals surface area contributed by atoms with Crippen LogP contribution in [0.4, 0.5) is 10.5 Å². The number of hydrogen-bond donors (Lipinski definition) is 1. The second-order valence-corrected chi connectivity index (χ2v) is 6.86. The van der Waals surface area contributed by atoms with Crippen molar-refractivity contribution in [1.82, 2.24) is 10.2 Å². The standard InChI is InChI=1S/C20H19N3O6/c24-19(21-9-13-1-3-15-17(7-13)28-11-26-15)10-22-5-6-23(20(22)25)14-2-4-16-18(8-14)29-12-27-16/h1-4,7-8H,5-6,9-12H2,(H,21,24). The Hall–Kier alpha value is -3.62. The van der Waals surface area contributed by atoms with E-state index in [1.165, 1.54) is 4.90 Å². The van der Waals surface area contributed by atoms with Crippen molar-refractivity contribution < 1.29 is 28.5 Å². The molecular formula is C20H19N3O6. The Labute approximate surface area is 166 Å². The van der Waals surface area contributed by atoms with Gasteiger partial charge in [0, 0.05) is 31.4 Å². The fraction of sp³-hybridized carbons (Fsp3) is 0.300. The first kappa shape index (κ1) is 17.5. The number of carbonyl (C=O) groups is 2. The van der Waals surface area contributed by atoms with E-state index in [2.05, 4.69) is 5.32 Å². The minimum atomic E-state index is -0.219. The summed E-state index contributed by atoms with van der Waals surface area (Å²) < 4.78 is 21.3. The van der Waals surface area contributed by atoms with Crippen LogP contribution in [0.2, 0.25) is 0 Å². The highest BCUT2D eigenvalue weighted by atomic mass is 16.7. The van der Waals surface area contributed by atoms with Gasteiger partial charge in [-0.15, -0.1) is 0 Å². The van der Waals surface area contributed by atoms with E-state index < -0.39 is 0 Å². The van der Waals surface area contributed by atoms with Crippen molar-refractivity contribution in [2.75, 3.05) is 38.1 Å². The summed E-state index contributed by atoms with van der Waals surface area (Å²) in [4.78, 5) is 28.2. The second kappa shape index (κ2) is 7.08. The van der Waals surface area contributed by atoms with Gasteiger partial charge in [-0.25, -0.2) is 4.79 Å². The Morgan fingerprint density at radius 2 is 1.59 bits per heavy atom. The molecule has 5 rings (SSSR count). The van der Waals surface area contributed by atoms with Crippen LogP contribution in [-0.4, -0.2) is 50.1 Å². The summed E-state index contributed by atoms with van der Waals surface area (Å²) in [5, 5.41) is 2.84. The number of urea groups is 1.